The Morgan fingerprint density at radius 2 is 2.24 bits per heavy atom. The molecule has 2 rings (SSSR count). The topological polar surface area (TPSA) is 46.2 Å². The Kier molecular flexibility index (Phi) is 5.34. The lowest BCUT2D eigenvalue weighted by molar-refractivity contribution is 0.239. The Bertz CT molecular complexity index is 625. The summed E-state index contributed by atoms with van der Waals surface area (Å²) < 4.78 is 42.0. The highest BCUT2D eigenvalue weighted by atomic mass is 79.9. The van der Waals surface area contributed by atoms with Gasteiger partial charge in [-0.2, -0.15) is 0 Å². The van der Waals surface area contributed by atoms with Crippen LogP contribution in [-0.4, -0.2) is 19.8 Å². The minimum absolute atomic E-state index is 0.189. The minimum atomic E-state index is -3.93. The molecular weight excluding hydrogens is 381 g/mol. The van der Waals surface area contributed by atoms with Gasteiger partial charge in [0, 0.05) is 15.9 Å². The van der Waals surface area contributed by atoms with Gasteiger partial charge in [0.2, 0.25) is 10.0 Å². The molecule has 0 amide bonds. The van der Waals surface area contributed by atoms with Crippen molar-refractivity contribution in [2.45, 2.75) is 43.0 Å². The number of hydrogen-bond donors (Lipinski definition) is 1. The normalized spacial score (nSPS) is 26.8. The smallest absolute Gasteiger partial charge is 0.207 e. The van der Waals surface area contributed by atoms with Crippen molar-refractivity contribution in [2.24, 2.45) is 5.92 Å². The summed E-state index contributed by atoms with van der Waals surface area (Å²) in [6.07, 6.45) is 3.33. The van der Waals surface area contributed by atoms with Gasteiger partial charge in [-0.05, 0) is 37.0 Å². The Morgan fingerprint density at radius 1 is 1.52 bits per heavy atom. The van der Waals surface area contributed by atoms with E-state index in [9.17, 15) is 12.8 Å². The van der Waals surface area contributed by atoms with Gasteiger partial charge in [-0.15, -0.1) is 11.6 Å². The summed E-state index contributed by atoms with van der Waals surface area (Å²) in [6.45, 7) is 2.08. The van der Waals surface area contributed by atoms with Crippen LogP contribution in [0, 0.1) is 11.7 Å². The Labute approximate surface area is 138 Å². The van der Waals surface area contributed by atoms with Crippen LogP contribution in [0.25, 0.3) is 0 Å². The van der Waals surface area contributed by atoms with Gasteiger partial charge in [-0.25, -0.2) is 17.5 Å². The monoisotopic (exact) mass is 397 g/mol. The van der Waals surface area contributed by atoms with Crippen molar-refractivity contribution < 1.29 is 12.8 Å². The van der Waals surface area contributed by atoms with Gasteiger partial charge in [-0.3, -0.25) is 0 Å². The number of nitrogens with one attached hydrogen (secondary N) is 1. The van der Waals surface area contributed by atoms with Crippen molar-refractivity contribution in [2.75, 3.05) is 5.88 Å². The summed E-state index contributed by atoms with van der Waals surface area (Å²) in [4.78, 5) is -0.339. The molecule has 21 heavy (non-hydrogen) atoms. The molecule has 1 aromatic carbocycles. The first-order valence-electron chi connectivity index (χ1n) is 6.83. The van der Waals surface area contributed by atoms with Crippen LogP contribution in [0.3, 0.4) is 0 Å². The number of halogens is 3. The average molecular weight is 399 g/mol. The first-order valence-corrected chi connectivity index (χ1v) is 9.64. The molecule has 1 N–H and O–H groups in total. The summed E-state index contributed by atoms with van der Waals surface area (Å²) in [5, 5.41) is 0. The lowest BCUT2D eigenvalue weighted by Crippen LogP contribution is -2.52. The molecule has 2 atom stereocenters. The zero-order valence-electron chi connectivity index (χ0n) is 11.7. The van der Waals surface area contributed by atoms with Crippen LogP contribution in [0.4, 0.5) is 4.39 Å². The number of alkyl halides is 1. The van der Waals surface area contributed by atoms with Crippen LogP contribution in [0.1, 0.15) is 32.6 Å². The molecule has 3 nitrogen and oxygen atoms in total. The first kappa shape index (κ1) is 17.2. The van der Waals surface area contributed by atoms with E-state index in [-0.39, 0.29) is 10.8 Å². The van der Waals surface area contributed by atoms with E-state index in [0.717, 1.165) is 18.9 Å². The van der Waals surface area contributed by atoms with Crippen molar-refractivity contribution in [3.8, 4) is 0 Å². The van der Waals surface area contributed by atoms with Crippen LogP contribution < -0.4 is 4.72 Å². The average Bonchev–Trinajstić information content (AvgIpc) is 2.37. The molecule has 0 radical (unpaired) electrons. The predicted octanol–water partition coefficient (Wildman–Crippen LogP) is 4.05. The van der Waals surface area contributed by atoms with E-state index >= 15 is 0 Å². The lowest BCUT2D eigenvalue weighted by atomic mass is 9.78. The summed E-state index contributed by atoms with van der Waals surface area (Å²) >= 11 is 9.15. The van der Waals surface area contributed by atoms with E-state index < -0.39 is 21.4 Å². The maximum Gasteiger partial charge on any atom is 0.244 e. The molecule has 0 saturated heterocycles. The Hall–Kier alpha value is -0.170. The van der Waals surface area contributed by atoms with Gasteiger partial charge in [-0.1, -0.05) is 35.7 Å². The highest BCUT2D eigenvalue weighted by Gasteiger charge is 2.38. The first-order chi connectivity index (χ1) is 9.78. The second-order valence-electron chi connectivity index (χ2n) is 5.80. The molecule has 2 unspecified atom stereocenters. The quantitative estimate of drug-likeness (QED) is 0.778. The van der Waals surface area contributed by atoms with Crippen molar-refractivity contribution >= 4 is 37.6 Å². The molecular formula is C14H18BrClFNO2S. The van der Waals surface area contributed by atoms with Crippen molar-refractivity contribution in [3.63, 3.8) is 0 Å². The molecule has 1 saturated carbocycles. The molecule has 0 aliphatic heterocycles. The van der Waals surface area contributed by atoms with E-state index in [1.165, 1.54) is 12.1 Å². The van der Waals surface area contributed by atoms with Gasteiger partial charge in [0.15, 0.2) is 0 Å². The standard InChI is InChI=1S/C14H18BrClFNO2S/c1-10-3-2-6-14(8-10,9-16)18-21(19,20)13-5-4-11(15)7-12(13)17/h4-5,7,10,18H,2-3,6,8-9H2,1H3. The van der Waals surface area contributed by atoms with Crippen LogP contribution >= 0.6 is 27.5 Å². The second-order valence-corrected chi connectivity index (χ2v) is 8.63. The molecule has 0 bridgehead atoms. The van der Waals surface area contributed by atoms with Crippen LogP contribution in [0.2, 0.25) is 0 Å². The summed E-state index contributed by atoms with van der Waals surface area (Å²) in [5.74, 6) is -0.185. The molecule has 118 valence electrons. The van der Waals surface area contributed by atoms with Crippen molar-refractivity contribution in [1.82, 2.24) is 4.72 Å². The fraction of sp³-hybridized carbons (Fsp3) is 0.571. The maximum absolute atomic E-state index is 13.9. The highest BCUT2D eigenvalue weighted by molar-refractivity contribution is 9.10. The van der Waals surface area contributed by atoms with Gasteiger partial charge in [0.1, 0.15) is 10.7 Å². The zero-order chi connectivity index (χ0) is 15.7. The summed E-state index contributed by atoms with van der Waals surface area (Å²) in [5.41, 5.74) is -0.683. The SMILES string of the molecule is CC1CCCC(CCl)(NS(=O)(=O)c2ccc(Br)cc2F)C1. The van der Waals surface area contributed by atoms with Crippen LogP contribution in [0.5, 0.6) is 0 Å². The Morgan fingerprint density at radius 3 is 2.81 bits per heavy atom. The number of sulfonamides is 1. The third kappa shape index (κ3) is 3.97. The van der Waals surface area contributed by atoms with Crippen molar-refractivity contribution in [3.05, 3.63) is 28.5 Å². The lowest BCUT2D eigenvalue weighted by Gasteiger charge is -2.39. The van der Waals surface area contributed by atoms with E-state index in [1.807, 2.05) is 0 Å². The van der Waals surface area contributed by atoms with Crippen LogP contribution in [0.15, 0.2) is 27.6 Å². The molecule has 1 aliphatic carbocycles. The van der Waals surface area contributed by atoms with E-state index in [1.54, 1.807) is 0 Å². The minimum Gasteiger partial charge on any atom is -0.207 e. The number of rotatable bonds is 4. The molecule has 0 spiro atoms. The van der Waals surface area contributed by atoms with Gasteiger partial charge in [0.25, 0.3) is 0 Å². The Balaban J connectivity index is 2.31. The summed E-state index contributed by atoms with van der Waals surface area (Å²) in [7, 11) is -3.93. The second kappa shape index (κ2) is 6.52. The van der Waals surface area contributed by atoms with Crippen LogP contribution in [-0.2, 0) is 10.0 Å². The molecule has 0 heterocycles. The summed E-state index contributed by atoms with van der Waals surface area (Å²) in [6, 6.07) is 3.91. The largest absolute Gasteiger partial charge is 0.244 e. The van der Waals surface area contributed by atoms with E-state index in [0.29, 0.717) is 23.2 Å². The number of benzene rings is 1. The van der Waals surface area contributed by atoms with Gasteiger partial charge < -0.3 is 0 Å². The molecule has 1 fully saturated rings. The highest BCUT2D eigenvalue weighted by Crippen LogP contribution is 2.34. The fourth-order valence-electron chi connectivity index (χ4n) is 2.93. The fourth-order valence-corrected chi connectivity index (χ4v) is 5.16. The maximum atomic E-state index is 13.9. The van der Waals surface area contributed by atoms with Crippen molar-refractivity contribution in [1.29, 1.82) is 0 Å². The van der Waals surface area contributed by atoms with Gasteiger partial charge >= 0.3 is 0 Å². The molecule has 0 aromatic heterocycles. The van der Waals surface area contributed by atoms with E-state index in [4.69, 9.17) is 11.6 Å². The third-order valence-corrected chi connectivity index (χ3v) is 6.50. The zero-order valence-corrected chi connectivity index (χ0v) is 14.9. The van der Waals surface area contributed by atoms with Gasteiger partial charge in [0.05, 0.1) is 0 Å². The molecule has 1 aromatic rings. The van der Waals surface area contributed by atoms with E-state index in [2.05, 4.69) is 27.6 Å². The number of hydrogen-bond acceptors (Lipinski definition) is 2. The predicted molar refractivity (Wildman–Crippen MR) is 85.5 cm³/mol. The molecule has 7 heteroatoms. The molecule has 1 aliphatic rings. The third-order valence-electron chi connectivity index (χ3n) is 3.88.